The summed E-state index contributed by atoms with van der Waals surface area (Å²) in [4.78, 5) is 14.4. The minimum absolute atomic E-state index is 0.0517. The van der Waals surface area contributed by atoms with Crippen molar-refractivity contribution >= 4 is 18.9 Å². The van der Waals surface area contributed by atoms with Crippen LogP contribution in [-0.4, -0.2) is 35.9 Å². The van der Waals surface area contributed by atoms with Crippen LogP contribution in [0.25, 0.3) is 0 Å². The highest BCUT2D eigenvalue weighted by Crippen LogP contribution is 2.23. The summed E-state index contributed by atoms with van der Waals surface area (Å²) in [5.41, 5.74) is 0.107. The van der Waals surface area contributed by atoms with Gasteiger partial charge in [0.25, 0.3) is 5.91 Å². The zero-order chi connectivity index (χ0) is 14.5. The SMILES string of the molecule is CCCC1CCCCN1C(=O)c1cccc([B]O)c1F. The molecular weight excluding hydrogens is 256 g/mol. The lowest BCUT2D eigenvalue weighted by Crippen LogP contribution is -2.44. The Bertz CT molecular complexity index is 479. The Kier molecular flexibility index (Phi) is 5.18. The Hall–Kier alpha value is -1.36. The molecule has 0 aliphatic carbocycles. The molecule has 5 heteroatoms. The molecule has 1 aliphatic heterocycles. The first-order valence-electron chi connectivity index (χ1n) is 7.26. The van der Waals surface area contributed by atoms with Crippen molar-refractivity contribution < 1.29 is 14.2 Å². The summed E-state index contributed by atoms with van der Waals surface area (Å²) in [5.74, 6) is -0.898. The molecule has 107 valence electrons. The molecule has 0 saturated carbocycles. The third-order valence-corrected chi connectivity index (χ3v) is 3.91. The van der Waals surface area contributed by atoms with Gasteiger partial charge in [0.2, 0.25) is 0 Å². The zero-order valence-electron chi connectivity index (χ0n) is 11.8. The molecule has 1 aromatic carbocycles. The van der Waals surface area contributed by atoms with Gasteiger partial charge in [0, 0.05) is 12.6 Å². The van der Waals surface area contributed by atoms with E-state index in [0.717, 1.165) is 32.1 Å². The fourth-order valence-corrected chi connectivity index (χ4v) is 2.87. The second kappa shape index (κ2) is 6.89. The van der Waals surface area contributed by atoms with Gasteiger partial charge in [-0.05, 0) is 37.2 Å². The molecule has 3 nitrogen and oxygen atoms in total. The molecule has 1 aliphatic rings. The van der Waals surface area contributed by atoms with Gasteiger partial charge < -0.3 is 9.92 Å². The number of benzene rings is 1. The van der Waals surface area contributed by atoms with E-state index in [4.69, 9.17) is 5.02 Å². The molecule has 0 spiro atoms. The third-order valence-electron chi connectivity index (χ3n) is 3.91. The molecule has 1 atom stereocenters. The van der Waals surface area contributed by atoms with Crippen molar-refractivity contribution in [3.8, 4) is 0 Å². The van der Waals surface area contributed by atoms with Gasteiger partial charge in [-0.15, -0.1) is 0 Å². The first kappa shape index (κ1) is 15.0. The highest BCUT2D eigenvalue weighted by Gasteiger charge is 2.28. The maximum Gasteiger partial charge on any atom is 0.329 e. The highest BCUT2D eigenvalue weighted by molar-refractivity contribution is 6.45. The second-order valence-corrected chi connectivity index (χ2v) is 5.27. The Morgan fingerprint density at radius 2 is 2.30 bits per heavy atom. The number of likely N-dealkylation sites (tertiary alicyclic amines) is 1. The number of carbonyl (C=O) groups excluding carboxylic acids is 1. The minimum Gasteiger partial charge on any atom is -0.450 e. The molecule has 1 saturated heterocycles. The molecule has 20 heavy (non-hydrogen) atoms. The lowest BCUT2D eigenvalue weighted by atomic mass is 9.86. The van der Waals surface area contributed by atoms with Gasteiger partial charge in [0.05, 0.1) is 5.56 Å². The summed E-state index contributed by atoms with van der Waals surface area (Å²) in [7, 11) is 0.700. The molecule has 2 rings (SSSR count). The van der Waals surface area contributed by atoms with Gasteiger partial charge in [-0.3, -0.25) is 4.79 Å². The van der Waals surface area contributed by atoms with E-state index in [1.54, 1.807) is 11.0 Å². The van der Waals surface area contributed by atoms with Crippen LogP contribution in [0.5, 0.6) is 0 Å². The van der Waals surface area contributed by atoms with Crippen molar-refractivity contribution in [2.75, 3.05) is 6.54 Å². The lowest BCUT2D eigenvalue weighted by molar-refractivity contribution is 0.0596. The fraction of sp³-hybridized carbons (Fsp3) is 0.533. The van der Waals surface area contributed by atoms with Crippen LogP contribution in [0.3, 0.4) is 0 Å². The number of nitrogens with zero attached hydrogens (tertiary/aromatic N) is 1. The second-order valence-electron chi connectivity index (χ2n) is 5.27. The number of halogens is 1. The van der Waals surface area contributed by atoms with Crippen molar-refractivity contribution in [1.82, 2.24) is 4.90 Å². The van der Waals surface area contributed by atoms with Crippen LogP contribution < -0.4 is 5.46 Å². The monoisotopic (exact) mass is 276 g/mol. The quantitative estimate of drug-likeness (QED) is 0.853. The Morgan fingerprint density at radius 1 is 1.50 bits per heavy atom. The number of carbonyl (C=O) groups is 1. The number of hydrogen-bond donors (Lipinski definition) is 1. The van der Waals surface area contributed by atoms with Crippen LogP contribution in [0.2, 0.25) is 0 Å². The minimum atomic E-state index is -0.638. The molecule has 1 N–H and O–H groups in total. The van der Waals surface area contributed by atoms with E-state index in [1.165, 1.54) is 12.1 Å². The number of rotatable bonds is 4. The molecule has 0 bridgehead atoms. The molecule has 1 radical (unpaired) electrons. The van der Waals surface area contributed by atoms with Crippen LogP contribution in [0, 0.1) is 5.82 Å². The van der Waals surface area contributed by atoms with Crippen molar-refractivity contribution in [3.63, 3.8) is 0 Å². The average molecular weight is 276 g/mol. The van der Waals surface area contributed by atoms with E-state index in [2.05, 4.69) is 6.92 Å². The molecule has 1 unspecified atom stereocenters. The van der Waals surface area contributed by atoms with Gasteiger partial charge in [0.15, 0.2) is 0 Å². The average Bonchev–Trinajstić information content (AvgIpc) is 2.48. The number of piperidine rings is 1. The molecule has 1 amide bonds. The Labute approximate surface area is 120 Å². The topological polar surface area (TPSA) is 40.5 Å². The van der Waals surface area contributed by atoms with E-state index in [-0.39, 0.29) is 23.0 Å². The van der Waals surface area contributed by atoms with Crippen molar-refractivity contribution in [3.05, 3.63) is 29.6 Å². The van der Waals surface area contributed by atoms with Crippen LogP contribution in [0.1, 0.15) is 49.4 Å². The fourth-order valence-electron chi connectivity index (χ4n) is 2.87. The lowest BCUT2D eigenvalue weighted by Gasteiger charge is -2.36. The molecule has 1 fully saturated rings. The van der Waals surface area contributed by atoms with Crippen LogP contribution >= 0.6 is 0 Å². The van der Waals surface area contributed by atoms with Crippen LogP contribution in [0.4, 0.5) is 4.39 Å². The van der Waals surface area contributed by atoms with Gasteiger partial charge in [-0.25, -0.2) is 4.39 Å². The van der Waals surface area contributed by atoms with Gasteiger partial charge in [0.1, 0.15) is 5.82 Å². The van der Waals surface area contributed by atoms with Crippen molar-refractivity contribution in [1.29, 1.82) is 0 Å². The van der Waals surface area contributed by atoms with Crippen molar-refractivity contribution in [2.24, 2.45) is 0 Å². The van der Waals surface area contributed by atoms with Crippen LogP contribution in [-0.2, 0) is 0 Å². The van der Waals surface area contributed by atoms with Gasteiger partial charge >= 0.3 is 7.48 Å². The summed E-state index contributed by atoms with van der Waals surface area (Å²) < 4.78 is 14.2. The van der Waals surface area contributed by atoms with Gasteiger partial charge in [-0.1, -0.05) is 25.5 Å². The van der Waals surface area contributed by atoms with Crippen molar-refractivity contribution in [2.45, 2.75) is 45.1 Å². The van der Waals surface area contributed by atoms with E-state index >= 15 is 0 Å². The molecular formula is C15H20BFNO2. The third kappa shape index (κ3) is 3.03. The van der Waals surface area contributed by atoms with Crippen LogP contribution in [0.15, 0.2) is 18.2 Å². The Morgan fingerprint density at radius 3 is 3.00 bits per heavy atom. The molecule has 1 heterocycles. The summed E-state index contributed by atoms with van der Waals surface area (Å²) in [6.07, 6.45) is 5.06. The smallest absolute Gasteiger partial charge is 0.329 e. The standard InChI is InChI=1S/C15H20BFNO2/c1-2-6-11-7-3-4-10-18(11)15(19)12-8-5-9-13(16-20)14(12)17/h5,8-9,11,20H,2-4,6-7,10H2,1H3. The summed E-state index contributed by atoms with van der Waals surface area (Å²) >= 11 is 0. The summed E-state index contributed by atoms with van der Waals surface area (Å²) in [6, 6.07) is 4.74. The molecule has 1 aromatic rings. The van der Waals surface area contributed by atoms with E-state index in [0.29, 0.717) is 14.0 Å². The highest BCUT2D eigenvalue weighted by atomic mass is 19.1. The number of amides is 1. The van der Waals surface area contributed by atoms with E-state index in [9.17, 15) is 9.18 Å². The predicted molar refractivity (Wildman–Crippen MR) is 77.6 cm³/mol. The maximum absolute atomic E-state index is 14.2. The molecule has 0 aromatic heterocycles. The van der Waals surface area contributed by atoms with E-state index in [1.807, 2.05) is 0 Å². The normalized spacial score (nSPS) is 18.9. The predicted octanol–water partition coefficient (Wildman–Crippen LogP) is 1.86. The maximum atomic E-state index is 14.2. The van der Waals surface area contributed by atoms with Gasteiger partial charge in [-0.2, -0.15) is 0 Å². The van der Waals surface area contributed by atoms with E-state index < -0.39 is 5.82 Å². The first-order valence-corrected chi connectivity index (χ1v) is 7.26. The zero-order valence-corrected chi connectivity index (χ0v) is 11.8. The first-order chi connectivity index (χ1) is 9.69. The summed E-state index contributed by atoms with van der Waals surface area (Å²) in [6.45, 7) is 2.79. The Balaban J connectivity index is 2.25. The summed E-state index contributed by atoms with van der Waals surface area (Å²) in [5, 5.41) is 8.98. The largest absolute Gasteiger partial charge is 0.450 e. The number of hydrogen-bond acceptors (Lipinski definition) is 2.